The number of esters is 3. The number of hydrogen-bond acceptors (Lipinski definition) is 8. The van der Waals surface area contributed by atoms with E-state index in [0.29, 0.717) is 16.7 Å². The summed E-state index contributed by atoms with van der Waals surface area (Å²) in [6, 6.07) is 43.5. The van der Waals surface area contributed by atoms with Crippen LogP contribution in [0.4, 0.5) is 0 Å². The van der Waals surface area contributed by atoms with Crippen molar-refractivity contribution in [2.45, 2.75) is 24.4 Å². The van der Waals surface area contributed by atoms with Crippen LogP contribution in [0.15, 0.2) is 140 Å². The van der Waals surface area contributed by atoms with Crippen molar-refractivity contribution in [1.82, 2.24) is 0 Å². The number of benzene rings is 7. The zero-order chi connectivity index (χ0) is 36.2. The van der Waals surface area contributed by atoms with Crippen LogP contribution < -0.4 is 0 Å². The number of fused-ring (bicyclic) bond motifs is 4. The Balaban J connectivity index is 1.29. The van der Waals surface area contributed by atoms with Crippen molar-refractivity contribution in [2.24, 2.45) is 0 Å². The Morgan fingerprint density at radius 1 is 0.442 bits per heavy atom. The van der Waals surface area contributed by atoms with Gasteiger partial charge in [0.15, 0.2) is 18.3 Å². The molecule has 0 unspecified atom stereocenters. The summed E-state index contributed by atoms with van der Waals surface area (Å²) in [6.07, 6.45) is -5.57. The number of carbonyl (C=O) groups excluding carboxylic acids is 3. The highest BCUT2D eigenvalue weighted by atomic mass is 16.6. The molecule has 8 heteroatoms. The molecular weight excluding hydrogens is 656 g/mol. The molecule has 7 rings (SSSR count). The second kappa shape index (κ2) is 15.0. The molecule has 0 spiro atoms. The molecule has 0 bridgehead atoms. The normalized spacial score (nSPS) is 13.8. The SMILES string of the molecule is COC(=O)[C@H](OC(=O)[C@@H](OC)c1c2ccccc2cc2ccccc12)[C@H](OC(=O)[C@@H](OC)c1c2ccccc2cc2ccccc12)c1ccccc1. The van der Waals surface area contributed by atoms with Crippen LogP contribution in [0.1, 0.15) is 35.0 Å². The lowest BCUT2D eigenvalue weighted by atomic mass is 9.93. The fourth-order valence-electron chi connectivity index (χ4n) is 7.00. The van der Waals surface area contributed by atoms with E-state index in [2.05, 4.69) is 6.07 Å². The minimum atomic E-state index is -1.70. The van der Waals surface area contributed by atoms with E-state index in [9.17, 15) is 14.4 Å². The molecule has 0 amide bonds. The quantitative estimate of drug-likeness (QED) is 0.0755. The maximum absolute atomic E-state index is 14.4. The summed E-state index contributed by atoms with van der Waals surface area (Å²) in [6.45, 7) is 0. The van der Waals surface area contributed by atoms with Gasteiger partial charge in [-0.2, -0.15) is 0 Å². The molecule has 4 atom stereocenters. The van der Waals surface area contributed by atoms with Crippen LogP contribution in [0, 0.1) is 0 Å². The van der Waals surface area contributed by atoms with E-state index in [1.54, 1.807) is 30.3 Å². The lowest BCUT2D eigenvalue weighted by molar-refractivity contribution is -0.190. The summed E-state index contributed by atoms with van der Waals surface area (Å²) in [5, 5.41) is 6.82. The van der Waals surface area contributed by atoms with E-state index in [4.69, 9.17) is 23.7 Å². The molecule has 0 aliphatic rings. The van der Waals surface area contributed by atoms with Crippen molar-refractivity contribution in [1.29, 1.82) is 0 Å². The Kier molecular flexibility index (Phi) is 9.93. The van der Waals surface area contributed by atoms with Crippen molar-refractivity contribution in [2.75, 3.05) is 21.3 Å². The fourth-order valence-corrected chi connectivity index (χ4v) is 7.00. The van der Waals surface area contributed by atoms with Crippen LogP contribution in [-0.2, 0) is 38.1 Å². The van der Waals surface area contributed by atoms with Crippen molar-refractivity contribution >= 4 is 61.0 Å². The van der Waals surface area contributed by atoms with Gasteiger partial charge in [0.1, 0.15) is 0 Å². The predicted octanol–water partition coefficient (Wildman–Crippen LogP) is 8.74. The van der Waals surface area contributed by atoms with E-state index >= 15 is 0 Å². The van der Waals surface area contributed by atoms with E-state index in [0.717, 1.165) is 43.1 Å². The highest BCUT2D eigenvalue weighted by Crippen LogP contribution is 2.38. The minimum Gasteiger partial charge on any atom is -0.466 e. The Bertz CT molecular complexity index is 2310. The first-order chi connectivity index (χ1) is 25.4. The first kappa shape index (κ1) is 34.4. The smallest absolute Gasteiger partial charge is 0.351 e. The second-order valence-corrected chi connectivity index (χ2v) is 12.3. The summed E-state index contributed by atoms with van der Waals surface area (Å²) in [4.78, 5) is 42.3. The highest BCUT2D eigenvalue weighted by molar-refractivity contribution is 6.06. The van der Waals surface area contributed by atoms with Crippen LogP contribution in [0.25, 0.3) is 43.1 Å². The molecule has 0 saturated heterocycles. The van der Waals surface area contributed by atoms with Gasteiger partial charge in [-0.1, -0.05) is 127 Å². The Morgan fingerprint density at radius 3 is 1.19 bits per heavy atom. The predicted molar refractivity (Wildman–Crippen MR) is 200 cm³/mol. The third kappa shape index (κ3) is 6.46. The number of hydrogen-bond donors (Lipinski definition) is 0. The van der Waals surface area contributed by atoms with Gasteiger partial charge < -0.3 is 23.7 Å². The largest absolute Gasteiger partial charge is 0.466 e. The van der Waals surface area contributed by atoms with E-state index < -0.39 is 42.3 Å². The van der Waals surface area contributed by atoms with Gasteiger partial charge in [0, 0.05) is 25.3 Å². The monoisotopic (exact) mass is 692 g/mol. The molecule has 8 nitrogen and oxygen atoms in total. The van der Waals surface area contributed by atoms with Gasteiger partial charge in [-0.05, 0) is 60.8 Å². The second-order valence-electron chi connectivity index (χ2n) is 12.3. The fraction of sp³-hybridized carbons (Fsp3) is 0.159. The number of ether oxygens (including phenoxy) is 5. The number of carbonyl (C=O) groups is 3. The van der Waals surface area contributed by atoms with Gasteiger partial charge in [-0.25, -0.2) is 14.4 Å². The molecule has 52 heavy (non-hydrogen) atoms. The summed E-state index contributed by atoms with van der Waals surface area (Å²) in [5.41, 5.74) is 1.60. The minimum absolute atomic E-state index is 0.404. The van der Waals surface area contributed by atoms with Crippen LogP contribution >= 0.6 is 0 Å². The molecule has 0 aromatic heterocycles. The topological polar surface area (TPSA) is 97.4 Å². The van der Waals surface area contributed by atoms with Crippen molar-refractivity contribution in [3.8, 4) is 0 Å². The third-order valence-corrected chi connectivity index (χ3v) is 9.37. The maximum atomic E-state index is 14.4. The number of methoxy groups -OCH3 is 3. The van der Waals surface area contributed by atoms with E-state index in [1.807, 2.05) is 103 Å². The van der Waals surface area contributed by atoms with Gasteiger partial charge in [0.2, 0.25) is 6.10 Å². The summed E-state index contributed by atoms with van der Waals surface area (Å²) >= 11 is 0. The Hall–Kier alpha value is -6.09. The molecule has 7 aromatic carbocycles. The molecule has 0 aliphatic carbocycles. The molecule has 0 fully saturated rings. The zero-order valence-corrected chi connectivity index (χ0v) is 28.9. The van der Waals surface area contributed by atoms with Crippen LogP contribution in [0.2, 0.25) is 0 Å². The Labute approximate surface area is 300 Å². The van der Waals surface area contributed by atoms with Crippen LogP contribution in [0.5, 0.6) is 0 Å². The standard InChI is InChI=1S/C44H36O8/c1-48-39(36-32-21-11-7-17-28(32)25-29-18-8-12-22-33(29)36)43(46)51-38(27-15-5-4-6-16-27)41(42(45)50-3)52-44(47)40(49-2)37-34-23-13-9-19-30(34)26-31-20-10-14-24-35(31)37/h4-26,38-41H,1-3H3/t38-,39+,40+,41-/m1/s1. The zero-order valence-electron chi connectivity index (χ0n) is 28.9. The van der Waals surface area contributed by atoms with Gasteiger partial charge in [-0.3, -0.25) is 0 Å². The number of rotatable bonds is 11. The van der Waals surface area contributed by atoms with Crippen LogP contribution in [0.3, 0.4) is 0 Å². The summed E-state index contributed by atoms with van der Waals surface area (Å²) in [5.74, 6) is -2.57. The molecular formula is C44H36O8. The van der Waals surface area contributed by atoms with Gasteiger partial charge >= 0.3 is 17.9 Å². The molecule has 0 aliphatic heterocycles. The Morgan fingerprint density at radius 2 is 0.808 bits per heavy atom. The molecule has 260 valence electrons. The lowest BCUT2D eigenvalue weighted by Crippen LogP contribution is -2.39. The molecule has 0 saturated carbocycles. The van der Waals surface area contributed by atoms with Crippen LogP contribution in [-0.4, -0.2) is 45.3 Å². The first-order valence-corrected chi connectivity index (χ1v) is 16.8. The van der Waals surface area contributed by atoms with Crippen molar-refractivity contribution < 1.29 is 38.1 Å². The van der Waals surface area contributed by atoms with Gasteiger partial charge in [0.25, 0.3) is 0 Å². The molecule has 7 aromatic rings. The molecule has 0 heterocycles. The third-order valence-electron chi connectivity index (χ3n) is 9.37. The highest BCUT2D eigenvalue weighted by Gasteiger charge is 2.41. The maximum Gasteiger partial charge on any atom is 0.351 e. The lowest BCUT2D eigenvalue weighted by Gasteiger charge is -2.29. The first-order valence-electron chi connectivity index (χ1n) is 16.8. The van der Waals surface area contributed by atoms with E-state index in [1.165, 1.54) is 21.3 Å². The van der Waals surface area contributed by atoms with E-state index in [-0.39, 0.29) is 0 Å². The van der Waals surface area contributed by atoms with Crippen molar-refractivity contribution in [3.05, 3.63) is 156 Å². The molecule has 0 radical (unpaired) electrons. The average Bonchev–Trinajstić information content (AvgIpc) is 3.19. The summed E-state index contributed by atoms with van der Waals surface area (Å²) in [7, 11) is 4.01. The van der Waals surface area contributed by atoms with Crippen molar-refractivity contribution in [3.63, 3.8) is 0 Å². The summed E-state index contributed by atoms with van der Waals surface area (Å²) < 4.78 is 29.1. The van der Waals surface area contributed by atoms with Gasteiger partial charge in [-0.15, -0.1) is 0 Å². The average molecular weight is 693 g/mol. The molecule has 0 N–H and O–H groups in total. The van der Waals surface area contributed by atoms with Gasteiger partial charge in [0.05, 0.1) is 7.11 Å².